The van der Waals surface area contributed by atoms with Crippen LogP contribution in [-0.4, -0.2) is 15.1 Å². The molecule has 6 rings (SSSR count). The van der Waals surface area contributed by atoms with E-state index in [1.807, 2.05) is 56.6 Å². The van der Waals surface area contributed by atoms with Gasteiger partial charge in [0, 0.05) is 23.1 Å². The maximum absolute atomic E-state index is 12.8. The first kappa shape index (κ1) is 59.7. The second-order valence-electron chi connectivity index (χ2n) is 19.5. The summed E-state index contributed by atoms with van der Waals surface area (Å²) in [6.45, 7) is 40.4. The molecule has 0 fully saturated rings. The third-order valence-corrected chi connectivity index (χ3v) is 11.0. The Morgan fingerprint density at radius 3 is 1.18 bits per heavy atom. The maximum atomic E-state index is 12.8. The van der Waals surface area contributed by atoms with E-state index in [0.717, 1.165) is 27.4 Å². The number of aliphatic hydroxyl groups is 1. The third kappa shape index (κ3) is 24.4. The van der Waals surface area contributed by atoms with Crippen molar-refractivity contribution in [2.45, 2.75) is 174 Å². The van der Waals surface area contributed by atoms with Gasteiger partial charge in [0.2, 0.25) is 0 Å². The summed E-state index contributed by atoms with van der Waals surface area (Å²) < 4.78 is 12.8. The molecule has 0 aliphatic heterocycles. The van der Waals surface area contributed by atoms with E-state index >= 15 is 0 Å². The van der Waals surface area contributed by atoms with Crippen LogP contribution in [0.25, 0.3) is 0 Å². The van der Waals surface area contributed by atoms with Crippen molar-refractivity contribution in [3.8, 4) is 0 Å². The fraction of sp³-hybridized carbons (Fsp3) is 0.433. The van der Waals surface area contributed by atoms with E-state index in [2.05, 4.69) is 176 Å². The number of rotatable bonds is 7. The number of halogens is 3. The quantitative estimate of drug-likeness (QED) is 0.162. The summed E-state index contributed by atoms with van der Waals surface area (Å²) in [4.78, 5) is 8.19. The van der Waals surface area contributed by atoms with Crippen LogP contribution >= 0.6 is 23.2 Å². The second-order valence-corrected chi connectivity index (χ2v) is 20.4. The zero-order valence-corrected chi connectivity index (χ0v) is 45.5. The molecule has 0 aliphatic rings. The standard InChI is InChI=1S/C11H16O.C11H16.C10H13Cl.C10H13F.C9H12ClN.C9H13N/c1-8(2)11-5-9(3)4-10(6-11)7-12;1-8(2)11-6-9(3)5-10(4)7-11;2*1-7(2)9-4-8(3)5-10(11)6-9;1-6(2)8-4-7(3)11-9(10)5-8;1-7(2)9-4-8(3)5-10-6-9/h4-6,8,12H,7H2,1-3H3;5-8H,1-4H3;2*4-7H,1-3H3;4-6H,1-3H3;4-7H,1-3H3. The summed E-state index contributed by atoms with van der Waals surface area (Å²) in [6, 6.07) is 30.5. The fourth-order valence-corrected chi connectivity index (χ4v) is 7.30. The van der Waals surface area contributed by atoms with E-state index in [1.54, 1.807) is 12.1 Å². The van der Waals surface area contributed by atoms with Gasteiger partial charge in [0.15, 0.2) is 0 Å². The van der Waals surface area contributed by atoms with Crippen LogP contribution in [0, 0.1) is 54.3 Å². The smallest absolute Gasteiger partial charge is 0.129 e. The Balaban J connectivity index is 0.000000396. The van der Waals surface area contributed by atoms with Crippen molar-refractivity contribution in [2.75, 3.05) is 0 Å². The zero-order chi connectivity index (χ0) is 50.4. The van der Waals surface area contributed by atoms with Crippen LogP contribution < -0.4 is 0 Å². The van der Waals surface area contributed by atoms with Gasteiger partial charge < -0.3 is 5.11 Å². The van der Waals surface area contributed by atoms with Crippen molar-refractivity contribution in [1.29, 1.82) is 0 Å². The average molecular weight is 938 g/mol. The van der Waals surface area contributed by atoms with Gasteiger partial charge in [-0.05, 0) is 176 Å². The van der Waals surface area contributed by atoms with E-state index < -0.39 is 0 Å². The van der Waals surface area contributed by atoms with E-state index in [1.165, 1.54) is 55.6 Å². The average Bonchev–Trinajstić information content (AvgIpc) is 3.20. The largest absolute Gasteiger partial charge is 0.392 e. The molecule has 0 radical (unpaired) electrons. The van der Waals surface area contributed by atoms with Gasteiger partial charge in [-0.15, -0.1) is 0 Å². The van der Waals surface area contributed by atoms with Crippen molar-refractivity contribution >= 4 is 23.2 Å². The van der Waals surface area contributed by atoms with E-state index in [4.69, 9.17) is 28.3 Å². The van der Waals surface area contributed by atoms with Gasteiger partial charge in [-0.1, -0.05) is 178 Å². The number of nitrogens with zero attached hydrogens (tertiary/aromatic N) is 2. The van der Waals surface area contributed by atoms with Crippen LogP contribution in [0.15, 0.2) is 103 Å². The number of hydrogen-bond donors (Lipinski definition) is 1. The number of aliphatic hydroxyl groups excluding tert-OH is 1. The predicted molar refractivity (Wildman–Crippen MR) is 288 cm³/mol. The first-order valence-electron chi connectivity index (χ1n) is 23.6. The van der Waals surface area contributed by atoms with Crippen LogP contribution in [-0.2, 0) is 6.61 Å². The van der Waals surface area contributed by atoms with Gasteiger partial charge in [-0.25, -0.2) is 9.37 Å². The van der Waals surface area contributed by atoms with Gasteiger partial charge in [0.25, 0.3) is 0 Å². The summed E-state index contributed by atoms with van der Waals surface area (Å²) in [7, 11) is 0. The van der Waals surface area contributed by atoms with Crippen LogP contribution in [0.1, 0.15) is 197 Å². The number of pyridine rings is 2. The molecule has 0 aliphatic carbocycles. The van der Waals surface area contributed by atoms with Crippen molar-refractivity contribution in [2.24, 2.45) is 0 Å². The molecule has 1 N–H and O–H groups in total. The lowest BCUT2D eigenvalue weighted by molar-refractivity contribution is 0.281. The highest BCUT2D eigenvalue weighted by Crippen LogP contribution is 2.22. The molecule has 2 aromatic heterocycles. The Bertz CT molecular complexity index is 2040. The zero-order valence-electron chi connectivity index (χ0n) is 44.0. The number of hydrogen-bond acceptors (Lipinski definition) is 3. The normalized spacial score (nSPS) is 10.6. The van der Waals surface area contributed by atoms with Gasteiger partial charge in [-0.2, -0.15) is 0 Å². The second kappa shape index (κ2) is 30.1. The first-order chi connectivity index (χ1) is 30.7. The molecule has 0 amide bonds. The molecule has 2 heterocycles. The molecule has 0 bridgehead atoms. The summed E-state index contributed by atoms with van der Waals surface area (Å²) in [5.74, 6) is 3.14. The number of aromatic nitrogens is 2. The van der Waals surface area contributed by atoms with Crippen LogP contribution in [0.3, 0.4) is 0 Å². The summed E-state index contributed by atoms with van der Waals surface area (Å²) >= 11 is 11.7. The van der Waals surface area contributed by atoms with Crippen LogP contribution in [0.4, 0.5) is 4.39 Å². The van der Waals surface area contributed by atoms with Gasteiger partial charge in [-0.3, -0.25) is 4.98 Å². The Labute approximate surface area is 411 Å². The molecule has 360 valence electrons. The minimum atomic E-state index is -0.131. The monoisotopic (exact) mass is 937 g/mol. The molecule has 0 saturated heterocycles. The molecular weight excluding hydrogens is 855 g/mol. The van der Waals surface area contributed by atoms with Crippen LogP contribution in [0.5, 0.6) is 0 Å². The lowest BCUT2D eigenvalue weighted by Gasteiger charge is -2.08. The molecule has 0 atom stereocenters. The number of benzene rings is 4. The first-order valence-corrected chi connectivity index (χ1v) is 24.4. The Morgan fingerprint density at radius 1 is 0.409 bits per heavy atom. The van der Waals surface area contributed by atoms with Gasteiger partial charge in [0.05, 0.1) is 6.61 Å². The topological polar surface area (TPSA) is 46.0 Å². The van der Waals surface area contributed by atoms with E-state index in [-0.39, 0.29) is 12.4 Å². The molecule has 0 saturated carbocycles. The Morgan fingerprint density at radius 2 is 0.788 bits per heavy atom. The summed E-state index contributed by atoms with van der Waals surface area (Å²) in [6.07, 6.45) is 3.81. The highest BCUT2D eigenvalue weighted by Gasteiger charge is 2.05. The van der Waals surface area contributed by atoms with Crippen molar-refractivity contribution in [3.63, 3.8) is 0 Å². The number of aryl methyl sites for hydroxylation is 7. The Kier molecular flexibility index (Phi) is 27.2. The highest BCUT2D eigenvalue weighted by molar-refractivity contribution is 6.30. The minimum absolute atomic E-state index is 0.131. The Hall–Kier alpha value is -4.35. The lowest BCUT2D eigenvalue weighted by atomic mass is 9.98. The summed E-state index contributed by atoms with van der Waals surface area (Å²) in [5, 5.41) is 10.4. The molecule has 66 heavy (non-hydrogen) atoms. The summed E-state index contributed by atoms with van der Waals surface area (Å²) in [5.41, 5.74) is 17.1. The predicted octanol–water partition coefficient (Wildman–Crippen LogP) is 18.7. The highest BCUT2D eigenvalue weighted by atomic mass is 35.5. The van der Waals surface area contributed by atoms with Crippen molar-refractivity contribution in [1.82, 2.24) is 9.97 Å². The molecule has 6 aromatic rings. The maximum Gasteiger partial charge on any atom is 0.129 e. The van der Waals surface area contributed by atoms with E-state index in [9.17, 15) is 4.39 Å². The third-order valence-electron chi connectivity index (χ3n) is 10.6. The molecule has 4 aromatic carbocycles. The van der Waals surface area contributed by atoms with Crippen LogP contribution in [0.2, 0.25) is 10.2 Å². The van der Waals surface area contributed by atoms with Crippen molar-refractivity contribution < 1.29 is 9.50 Å². The molecule has 6 heteroatoms. The molecule has 0 spiro atoms. The minimum Gasteiger partial charge on any atom is -0.392 e. The SMILES string of the molecule is Cc1cc(C(C)C)cc(Cl)n1.Cc1cc(C)cc(C(C)C)c1.Cc1cc(CO)cc(C(C)C)c1.Cc1cc(Cl)cc(C(C)C)c1.Cc1cc(F)cc(C(C)C)c1.Cc1cncc(C(C)C)c1. The molecule has 0 unspecified atom stereocenters. The fourth-order valence-electron chi connectivity index (χ4n) is 6.74. The lowest BCUT2D eigenvalue weighted by Crippen LogP contribution is -1.92. The van der Waals surface area contributed by atoms with E-state index in [0.29, 0.717) is 40.7 Å². The molecular formula is C60H83Cl2FN2O. The van der Waals surface area contributed by atoms with Gasteiger partial charge in [0.1, 0.15) is 11.0 Å². The van der Waals surface area contributed by atoms with Gasteiger partial charge >= 0.3 is 0 Å². The molecule has 3 nitrogen and oxygen atoms in total. The van der Waals surface area contributed by atoms with Crippen molar-refractivity contribution in [3.05, 3.63) is 197 Å².